The lowest BCUT2D eigenvalue weighted by atomic mass is 10.0. The molecule has 0 aromatic heterocycles. The summed E-state index contributed by atoms with van der Waals surface area (Å²) in [6.07, 6.45) is -0.00867. The number of likely N-dealkylation sites (tertiary alicyclic amines) is 1. The normalized spacial score (nSPS) is 17.3. The van der Waals surface area contributed by atoms with Crippen LogP contribution in [0.1, 0.15) is 54.4 Å². The van der Waals surface area contributed by atoms with Gasteiger partial charge in [-0.25, -0.2) is 9.59 Å². The van der Waals surface area contributed by atoms with E-state index in [1.807, 2.05) is 0 Å². The second kappa shape index (κ2) is 9.74. The summed E-state index contributed by atoms with van der Waals surface area (Å²) in [7, 11) is -3.82. The summed E-state index contributed by atoms with van der Waals surface area (Å²) < 4.78 is 52.6. The van der Waals surface area contributed by atoms with Crippen LogP contribution in [-0.4, -0.2) is 62.9 Å². The molecule has 1 aromatic carbocycles. The van der Waals surface area contributed by atoms with Gasteiger partial charge in [0, 0.05) is 19.2 Å². The molecule has 0 N–H and O–H groups in total. The van der Waals surface area contributed by atoms with Crippen LogP contribution in [0.25, 0.3) is 0 Å². The van der Waals surface area contributed by atoms with Crippen LogP contribution in [0.15, 0.2) is 23.1 Å². The van der Waals surface area contributed by atoms with Crippen molar-refractivity contribution in [2.24, 2.45) is 0 Å². The molecule has 33 heavy (non-hydrogen) atoms. The van der Waals surface area contributed by atoms with Crippen LogP contribution in [0.4, 0.5) is 19.2 Å². The first-order valence-corrected chi connectivity index (χ1v) is 12.0. The Hall–Kier alpha value is -2.56. The number of nitrogens with zero attached hydrogens (tertiary/aromatic N) is 2. The van der Waals surface area contributed by atoms with Crippen LogP contribution in [-0.2, 0) is 19.7 Å². The van der Waals surface area contributed by atoms with Gasteiger partial charge in [0.2, 0.25) is 0 Å². The van der Waals surface area contributed by atoms with Gasteiger partial charge in [-0.1, -0.05) is 0 Å². The van der Waals surface area contributed by atoms with E-state index in [2.05, 4.69) is 0 Å². The summed E-state index contributed by atoms with van der Waals surface area (Å²) >= 11 is 0. The number of hydrogen-bond donors (Lipinski definition) is 0. The zero-order chi connectivity index (χ0) is 25.2. The Morgan fingerprint density at radius 2 is 1.70 bits per heavy atom. The lowest BCUT2D eigenvalue weighted by molar-refractivity contribution is 0.0182. The molecule has 0 bridgehead atoms. The molecule has 1 aromatic rings. The first-order valence-electron chi connectivity index (χ1n) is 10.6. The maximum atomic E-state index is 13.6. The molecule has 0 saturated carbocycles. The zero-order valence-electron chi connectivity index (χ0n) is 20.2. The molecule has 1 fully saturated rings. The Morgan fingerprint density at radius 3 is 2.21 bits per heavy atom. The summed E-state index contributed by atoms with van der Waals surface area (Å²) in [6.45, 7) is 11.1. The number of carbonyl (C=O) groups excluding carboxylic acids is 2. The number of carbonyl (C=O) groups is 2. The van der Waals surface area contributed by atoms with Gasteiger partial charge in [-0.15, -0.1) is 3.89 Å². The molecule has 186 valence electrons. The number of ether oxygens (including phenoxy) is 3. The van der Waals surface area contributed by atoms with Crippen molar-refractivity contribution in [1.29, 1.82) is 0 Å². The predicted molar refractivity (Wildman–Crippen MR) is 121 cm³/mol. The van der Waals surface area contributed by atoms with Gasteiger partial charge in [0.25, 0.3) is 0 Å². The fourth-order valence-corrected chi connectivity index (χ4v) is 4.05. The number of amides is 2. The molecule has 11 heteroatoms. The van der Waals surface area contributed by atoms with E-state index in [4.69, 9.17) is 14.2 Å². The van der Waals surface area contributed by atoms with Crippen LogP contribution in [0.2, 0.25) is 0 Å². The van der Waals surface area contributed by atoms with Crippen molar-refractivity contribution >= 4 is 28.1 Å². The Balaban J connectivity index is 2.45. The van der Waals surface area contributed by atoms with Crippen molar-refractivity contribution in [3.05, 3.63) is 18.2 Å². The van der Waals surface area contributed by atoms with Crippen molar-refractivity contribution in [2.45, 2.75) is 76.5 Å². The summed E-state index contributed by atoms with van der Waals surface area (Å²) in [6, 6.07) is 3.13. The third kappa shape index (κ3) is 7.48. The average Bonchev–Trinajstić information content (AvgIpc) is 2.64. The average molecular weight is 489 g/mol. The number of methoxy groups -OCH3 is 1. The van der Waals surface area contributed by atoms with Gasteiger partial charge < -0.3 is 19.1 Å². The Kier molecular flexibility index (Phi) is 7.88. The molecule has 1 heterocycles. The van der Waals surface area contributed by atoms with Crippen LogP contribution < -0.4 is 9.64 Å². The molecule has 1 atom stereocenters. The van der Waals surface area contributed by atoms with E-state index in [9.17, 15) is 21.9 Å². The molecule has 1 saturated heterocycles. The van der Waals surface area contributed by atoms with E-state index in [0.717, 1.165) is 6.07 Å². The number of piperidine rings is 1. The molecule has 2 rings (SSSR count). The molecule has 0 radical (unpaired) electrons. The molecular formula is C22H33FN2O7S. The molecule has 2 amide bonds. The van der Waals surface area contributed by atoms with Crippen molar-refractivity contribution in [1.82, 2.24) is 4.90 Å². The van der Waals surface area contributed by atoms with Crippen LogP contribution in [0.5, 0.6) is 5.75 Å². The quantitative estimate of drug-likeness (QED) is 0.575. The highest BCUT2D eigenvalue weighted by atomic mass is 32.3. The van der Waals surface area contributed by atoms with Gasteiger partial charge in [0.1, 0.15) is 21.8 Å². The molecule has 0 unspecified atom stereocenters. The second-order valence-electron chi connectivity index (χ2n) is 9.85. The van der Waals surface area contributed by atoms with E-state index in [-0.39, 0.29) is 18.0 Å². The highest BCUT2D eigenvalue weighted by molar-refractivity contribution is 7.86. The maximum absolute atomic E-state index is 13.6. The molecule has 1 aliphatic heterocycles. The first kappa shape index (κ1) is 26.7. The third-order valence-corrected chi connectivity index (χ3v) is 5.55. The minimum absolute atomic E-state index is 0.180. The van der Waals surface area contributed by atoms with E-state index in [1.54, 1.807) is 41.5 Å². The van der Waals surface area contributed by atoms with Crippen LogP contribution in [0.3, 0.4) is 0 Å². The fraction of sp³-hybridized carbons (Fsp3) is 0.636. The number of rotatable bonds is 4. The maximum Gasteiger partial charge on any atom is 0.415 e. The van der Waals surface area contributed by atoms with Gasteiger partial charge in [0.15, 0.2) is 0 Å². The minimum atomic E-state index is -5.03. The third-order valence-electron chi connectivity index (χ3n) is 4.69. The Morgan fingerprint density at radius 1 is 1.09 bits per heavy atom. The van der Waals surface area contributed by atoms with E-state index in [1.165, 1.54) is 29.0 Å². The van der Waals surface area contributed by atoms with Gasteiger partial charge in [-0.05, 0) is 66.5 Å². The number of halogens is 1. The fourth-order valence-electron chi connectivity index (χ4n) is 3.44. The molecule has 0 aliphatic carbocycles. The predicted octanol–water partition coefficient (Wildman–Crippen LogP) is 4.49. The van der Waals surface area contributed by atoms with Crippen LogP contribution >= 0.6 is 0 Å². The Labute approximate surface area is 195 Å². The van der Waals surface area contributed by atoms with Crippen molar-refractivity contribution in [2.75, 3.05) is 25.1 Å². The molecule has 9 nitrogen and oxygen atoms in total. The number of anilines is 1. The monoisotopic (exact) mass is 488 g/mol. The van der Waals surface area contributed by atoms with Gasteiger partial charge >= 0.3 is 22.4 Å². The van der Waals surface area contributed by atoms with Crippen molar-refractivity contribution < 1.29 is 36.1 Å². The zero-order valence-corrected chi connectivity index (χ0v) is 21.0. The molecule has 1 aliphatic rings. The summed E-state index contributed by atoms with van der Waals surface area (Å²) in [4.78, 5) is 28.0. The molecular weight excluding hydrogens is 455 g/mol. The lowest BCUT2D eigenvalue weighted by Crippen LogP contribution is -2.53. The number of hydrogen-bond acceptors (Lipinski definition) is 7. The summed E-state index contributed by atoms with van der Waals surface area (Å²) in [5.74, 6) is -0.247. The second-order valence-corrected chi connectivity index (χ2v) is 11.2. The van der Waals surface area contributed by atoms with E-state index < -0.39 is 44.5 Å². The Bertz CT molecular complexity index is 983. The first-order chi connectivity index (χ1) is 15.0. The smallest absolute Gasteiger partial charge is 0.415 e. The van der Waals surface area contributed by atoms with Gasteiger partial charge in [-0.3, -0.25) is 4.90 Å². The topological polar surface area (TPSA) is 102 Å². The highest BCUT2D eigenvalue weighted by Gasteiger charge is 2.36. The number of benzene rings is 1. The standard InChI is InChI=1S/C22H33FN2O7S/c1-21(2,3)31-19(26)24-12-8-9-16(14-24)25(20(27)32-22(4,5)6)15-10-11-18(33(23,28)29)17(13-15)30-7/h10-11,13,16H,8-9,12,14H2,1-7H3/t16-/m1/s1. The van der Waals surface area contributed by atoms with E-state index in [0.29, 0.717) is 19.4 Å². The van der Waals surface area contributed by atoms with Gasteiger partial charge in [-0.2, -0.15) is 8.42 Å². The highest BCUT2D eigenvalue weighted by Crippen LogP contribution is 2.33. The SMILES string of the molecule is COc1cc(N(C(=O)OC(C)(C)C)[C@@H]2CCCN(C(=O)OC(C)(C)C)C2)ccc1S(=O)(=O)F. The van der Waals surface area contributed by atoms with Crippen molar-refractivity contribution in [3.8, 4) is 5.75 Å². The largest absolute Gasteiger partial charge is 0.495 e. The van der Waals surface area contributed by atoms with E-state index >= 15 is 0 Å². The summed E-state index contributed by atoms with van der Waals surface area (Å²) in [5.41, 5.74) is -1.22. The van der Waals surface area contributed by atoms with Gasteiger partial charge in [0.05, 0.1) is 18.8 Å². The van der Waals surface area contributed by atoms with Crippen molar-refractivity contribution in [3.63, 3.8) is 0 Å². The summed E-state index contributed by atoms with van der Waals surface area (Å²) in [5, 5.41) is 0. The van der Waals surface area contributed by atoms with Crippen LogP contribution in [0, 0.1) is 0 Å². The lowest BCUT2D eigenvalue weighted by Gasteiger charge is -2.40. The molecule has 0 spiro atoms. The minimum Gasteiger partial charge on any atom is -0.495 e.